The van der Waals surface area contributed by atoms with Gasteiger partial charge in [-0.15, -0.1) is 13.2 Å². The number of nitrogens with one attached hydrogen (secondary N) is 1. The predicted octanol–water partition coefficient (Wildman–Crippen LogP) is 0.821. The van der Waals surface area contributed by atoms with Gasteiger partial charge in [0.1, 0.15) is 23.7 Å². The van der Waals surface area contributed by atoms with Crippen molar-refractivity contribution in [3.63, 3.8) is 0 Å². The summed E-state index contributed by atoms with van der Waals surface area (Å²) in [5, 5.41) is 31.2. The summed E-state index contributed by atoms with van der Waals surface area (Å²) in [6, 6.07) is 2.51. The summed E-state index contributed by atoms with van der Waals surface area (Å²) in [5.74, 6) is -1.63. The van der Waals surface area contributed by atoms with Crippen LogP contribution in [0.2, 0.25) is 0 Å². The second-order valence-electron chi connectivity index (χ2n) is 4.22. The Kier molecular flexibility index (Phi) is 5.39. The first-order chi connectivity index (χ1) is 9.60. The Labute approximate surface area is 117 Å². The Hall–Kier alpha value is -2.00. The summed E-state index contributed by atoms with van der Waals surface area (Å²) < 4.78 is 39.9. The van der Waals surface area contributed by atoms with Gasteiger partial charge in [0, 0.05) is 19.0 Å². The number of aromatic hydroxyl groups is 1. The largest absolute Gasteiger partial charge is 0.573 e. The van der Waals surface area contributed by atoms with Gasteiger partial charge >= 0.3 is 6.36 Å². The van der Waals surface area contributed by atoms with Gasteiger partial charge in [-0.25, -0.2) is 0 Å². The van der Waals surface area contributed by atoms with E-state index < -0.39 is 36.0 Å². The van der Waals surface area contributed by atoms with Crippen molar-refractivity contribution in [2.75, 3.05) is 6.54 Å². The minimum Gasteiger partial charge on any atom is -0.508 e. The topological polar surface area (TPSA) is 99.0 Å². The summed E-state index contributed by atoms with van der Waals surface area (Å²) in [7, 11) is 0. The number of ether oxygens (including phenoxy) is 1. The molecule has 0 aliphatic rings. The number of alkyl halides is 3. The molecule has 118 valence electrons. The standard InChI is InChI=1S/C12H14F3NO5/c1-6(17)16-5-10(19)11(20)8-4-7(2-3-9(8)18)21-12(13,14)15/h2-4,10-11,18-20H,5H2,1H3,(H,16,17). The summed E-state index contributed by atoms with van der Waals surface area (Å²) in [4.78, 5) is 10.7. The molecule has 0 saturated carbocycles. The SMILES string of the molecule is CC(=O)NCC(O)C(O)c1cc(OC(F)(F)F)ccc1O. The number of aliphatic hydroxyl groups excluding tert-OH is 2. The Bertz CT molecular complexity index is 506. The normalized spacial score (nSPS) is 14.4. The van der Waals surface area contributed by atoms with Gasteiger partial charge < -0.3 is 25.4 Å². The molecular formula is C12H14F3NO5. The molecule has 2 atom stereocenters. The number of aliphatic hydroxyl groups is 2. The van der Waals surface area contributed by atoms with Crippen molar-refractivity contribution in [2.24, 2.45) is 0 Å². The Morgan fingerprint density at radius 3 is 2.52 bits per heavy atom. The van der Waals surface area contributed by atoms with Crippen molar-refractivity contribution in [2.45, 2.75) is 25.5 Å². The second-order valence-corrected chi connectivity index (χ2v) is 4.22. The molecular weight excluding hydrogens is 295 g/mol. The molecule has 0 aliphatic heterocycles. The quantitative estimate of drug-likeness (QED) is 0.645. The van der Waals surface area contributed by atoms with Crippen molar-refractivity contribution >= 4 is 5.91 Å². The van der Waals surface area contributed by atoms with Crippen molar-refractivity contribution in [1.29, 1.82) is 0 Å². The Morgan fingerprint density at radius 1 is 1.38 bits per heavy atom. The van der Waals surface area contributed by atoms with Crippen LogP contribution in [0.4, 0.5) is 13.2 Å². The van der Waals surface area contributed by atoms with E-state index in [-0.39, 0.29) is 12.1 Å². The van der Waals surface area contributed by atoms with Gasteiger partial charge in [0.15, 0.2) is 0 Å². The van der Waals surface area contributed by atoms with Gasteiger partial charge in [0.05, 0.1) is 0 Å². The van der Waals surface area contributed by atoms with Gasteiger partial charge in [-0.3, -0.25) is 4.79 Å². The van der Waals surface area contributed by atoms with Crippen LogP contribution >= 0.6 is 0 Å². The molecule has 1 aromatic rings. The van der Waals surface area contributed by atoms with Crippen LogP contribution in [-0.2, 0) is 4.79 Å². The summed E-state index contributed by atoms with van der Waals surface area (Å²) in [6.07, 6.45) is -8.14. The van der Waals surface area contributed by atoms with Crippen LogP contribution in [0.5, 0.6) is 11.5 Å². The number of hydrogen-bond acceptors (Lipinski definition) is 5. The highest BCUT2D eigenvalue weighted by Gasteiger charge is 2.32. The predicted molar refractivity (Wildman–Crippen MR) is 64.4 cm³/mol. The molecule has 0 heterocycles. The van der Waals surface area contributed by atoms with E-state index in [4.69, 9.17) is 0 Å². The lowest BCUT2D eigenvalue weighted by Crippen LogP contribution is -2.34. The number of carbonyl (C=O) groups excluding carboxylic acids is 1. The van der Waals surface area contributed by atoms with Gasteiger partial charge in [0.25, 0.3) is 0 Å². The summed E-state index contributed by atoms with van der Waals surface area (Å²) >= 11 is 0. The third-order valence-corrected chi connectivity index (χ3v) is 2.48. The number of hydrogen-bond donors (Lipinski definition) is 4. The van der Waals surface area contributed by atoms with E-state index in [1.54, 1.807) is 0 Å². The smallest absolute Gasteiger partial charge is 0.508 e. The molecule has 0 aliphatic carbocycles. The molecule has 0 aromatic heterocycles. The third kappa shape index (κ3) is 5.48. The maximum Gasteiger partial charge on any atom is 0.573 e. The number of amides is 1. The van der Waals surface area contributed by atoms with Crippen molar-refractivity contribution in [1.82, 2.24) is 5.32 Å². The molecule has 0 spiro atoms. The zero-order valence-electron chi connectivity index (χ0n) is 10.9. The van der Waals surface area contributed by atoms with Crippen LogP contribution in [0.25, 0.3) is 0 Å². The van der Waals surface area contributed by atoms with Crippen LogP contribution in [0, 0.1) is 0 Å². The molecule has 4 N–H and O–H groups in total. The molecule has 1 amide bonds. The third-order valence-electron chi connectivity index (χ3n) is 2.48. The van der Waals surface area contributed by atoms with Crippen molar-refractivity contribution in [3.05, 3.63) is 23.8 Å². The highest BCUT2D eigenvalue weighted by molar-refractivity contribution is 5.72. The fourth-order valence-electron chi connectivity index (χ4n) is 1.53. The maximum absolute atomic E-state index is 12.1. The van der Waals surface area contributed by atoms with Gasteiger partial charge in [-0.1, -0.05) is 0 Å². The lowest BCUT2D eigenvalue weighted by atomic mass is 10.0. The molecule has 2 unspecified atom stereocenters. The molecule has 0 bridgehead atoms. The minimum absolute atomic E-state index is 0.333. The highest BCUT2D eigenvalue weighted by Crippen LogP contribution is 2.32. The zero-order chi connectivity index (χ0) is 16.2. The zero-order valence-corrected chi connectivity index (χ0v) is 10.9. The lowest BCUT2D eigenvalue weighted by Gasteiger charge is -2.20. The van der Waals surface area contributed by atoms with Crippen molar-refractivity contribution in [3.8, 4) is 11.5 Å². The van der Waals surface area contributed by atoms with Gasteiger partial charge in [-0.2, -0.15) is 0 Å². The van der Waals surface area contributed by atoms with E-state index in [0.717, 1.165) is 18.2 Å². The number of benzene rings is 1. The number of phenolic OH excluding ortho intramolecular Hbond substituents is 1. The van der Waals surface area contributed by atoms with E-state index >= 15 is 0 Å². The average molecular weight is 309 g/mol. The maximum atomic E-state index is 12.1. The minimum atomic E-state index is -4.92. The average Bonchev–Trinajstić information content (AvgIpc) is 2.35. The first-order valence-electron chi connectivity index (χ1n) is 5.79. The number of rotatable bonds is 5. The van der Waals surface area contributed by atoms with E-state index in [0.29, 0.717) is 0 Å². The van der Waals surface area contributed by atoms with Crippen LogP contribution in [0.3, 0.4) is 0 Å². The molecule has 21 heavy (non-hydrogen) atoms. The molecule has 0 saturated heterocycles. The van der Waals surface area contributed by atoms with Crippen LogP contribution in [0.1, 0.15) is 18.6 Å². The fraction of sp³-hybridized carbons (Fsp3) is 0.417. The van der Waals surface area contributed by atoms with Crippen LogP contribution in [-0.4, -0.2) is 40.2 Å². The Morgan fingerprint density at radius 2 is 2.00 bits per heavy atom. The lowest BCUT2D eigenvalue weighted by molar-refractivity contribution is -0.274. The van der Waals surface area contributed by atoms with E-state index in [1.165, 1.54) is 6.92 Å². The second kappa shape index (κ2) is 6.64. The fourth-order valence-corrected chi connectivity index (χ4v) is 1.53. The number of phenols is 1. The number of carbonyl (C=O) groups is 1. The molecule has 0 radical (unpaired) electrons. The Balaban J connectivity index is 2.89. The van der Waals surface area contributed by atoms with Gasteiger partial charge in [-0.05, 0) is 18.2 Å². The van der Waals surface area contributed by atoms with E-state index in [9.17, 15) is 33.3 Å². The first-order valence-corrected chi connectivity index (χ1v) is 5.79. The van der Waals surface area contributed by atoms with Crippen LogP contribution in [0.15, 0.2) is 18.2 Å². The first kappa shape index (κ1) is 17.1. The molecule has 0 fully saturated rings. The molecule has 1 aromatic carbocycles. The highest BCUT2D eigenvalue weighted by atomic mass is 19.4. The van der Waals surface area contributed by atoms with Crippen molar-refractivity contribution < 1.29 is 38.0 Å². The van der Waals surface area contributed by atoms with E-state index in [2.05, 4.69) is 10.1 Å². The monoisotopic (exact) mass is 309 g/mol. The molecule has 1 rings (SSSR count). The molecule has 9 heteroatoms. The van der Waals surface area contributed by atoms with Crippen LogP contribution < -0.4 is 10.1 Å². The summed E-state index contributed by atoms with van der Waals surface area (Å²) in [5.41, 5.74) is -0.352. The number of halogens is 3. The van der Waals surface area contributed by atoms with E-state index in [1.807, 2.05) is 0 Å². The molecule has 6 nitrogen and oxygen atoms in total. The summed E-state index contributed by atoms with van der Waals surface area (Å²) in [6.45, 7) is 0.856. The van der Waals surface area contributed by atoms with Gasteiger partial charge in [0.2, 0.25) is 5.91 Å².